The van der Waals surface area contributed by atoms with Crippen LogP contribution in [0.15, 0.2) is 74.0 Å². The summed E-state index contributed by atoms with van der Waals surface area (Å²) in [5.74, 6) is 0.833. The summed E-state index contributed by atoms with van der Waals surface area (Å²) in [4.78, 5) is 20.9. The van der Waals surface area contributed by atoms with E-state index in [0.717, 1.165) is 10.2 Å². The maximum Gasteiger partial charge on any atom is 0.437 e. The van der Waals surface area contributed by atoms with Crippen molar-refractivity contribution in [3.05, 3.63) is 76.7 Å². The number of thioether (sulfide) groups is 1. The summed E-state index contributed by atoms with van der Waals surface area (Å²) in [6.45, 7) is 3.68. The molecule has 10 heteroatoms. The van der Waals surface area contributed by atoms with Crippen LogP contribution in [0.3, 0.4) is 0 Å². The van der Waals surface area contributed by atoms with Crippen LogP contribution in [0.4, 0.5) is 0 Å². The topological polar surface area (TPSA) is 99.8 Å². The van der Waals surface area contributed by atoms with Crippen LogP contribution in [0.25, 0.3) is 22.8 Å². The summed E-state index contributed by atoms with van der Waals surface area (Å²) in [5, 5.41) is 9.49. The van der Waals surface area contributed by atoms with Gasteiger partial charge in [0.15, 0.2) is 0 Å². The molecule has 4 aromatic rings. The maximum absolute atomic E-state index is 12.2. The summed E-state index contributed by atoms with van der Waals surface area (Å²) in [7, 11) is 0. The highest BCUT2D eigenvalue weighted by Gasteiger charge is 2.17. The standard InChI is InChI=1S/C19H14ClN5O3S/c1-2-10-29-18-14(4-3-9-21-18)17-23-25(19(26)27-17)11-15-22-16(24-28-15)12-5-7-13(20)8-6-12/h2-9H,1,10-11H2. The average Bonchev–Trinajstić information content (AvgIpc) is 3.34. The van der Waals surface area contributed by atoms with Crippen LogP contribution < -0.4 is 5.76 Å². The highest BCUT2D eigenvalue weighted by molar-refractivity contribution is 7.99. The van der Waals surface area contributed by atoms with Gasteiger partial charge < -0.3 is 8.94 Å². The van der Waals surface area contributed by atoms with Gasteiger partial charge in [-0.15, -0.1) is 23.4 Å². The van der Waals surface area contributed by atoms with Crippen molar-refractivity contribution in [2.75, 3.05) is 5.75 Å². The molecule has 0 bridgehead atoms. The number of pyridine rings is 1. The normalized spacial score (nSPS) is 10.9. The zero-order chi connectivity index (χ0) is 20.2. The molecule has 0 spiro atoms. The predicted molar refractivity (Wildman–Crippen MR) is 109 cm³/mol. The smallest absolute Gasteiger partial charge is 0.387 e. The van der Waals surface area contributed by atoms with Gasteiger partial charge in [-0.1, -0.05) is 22.8 Å². The van der Waals surface area contributed by atoms with Crippen LogP contribution in [0.1, 0.15) is 5.89 Å². The highest BCUT2D eigenvalue weighted by Crippen LogP contribution is 2.27. The Morgan fingerprint density at radius 2 is 2.07 bits per heavy atom. The van der Waals surface area contributed by atoms with Crippen molar-refractivity contribution in [1.82, 2.24) is 24.9 Å². The van der Waals surface area contributed by atoms with Gasteiger partial charge in [-0.2, -0.15) is 9.67 Å². The second-order valence-electron chi connectivity index (χ2n) is 5.81. The second kappa shape index (κ2) is 8.46. The van der Waals surface area contributed by atoms with E-state index in [1.54, 1.807) is 48.7 Å². The minimum Gasteiger partial charge on any atom is -0.387 e. The van der Waals surface area contributed by atoms with Crippen molar-refractivity contribution in [2.24, 2.45) is 0 Å². The summed E-state index contributed by atoms with van der Waals surface area (Å²) in [6.07, 6.45) is 3.44. The first kappa shape index (κ1) is 19.2. The van der Waals surface area contributed by atoms with Crippen molar-refractivity contribution < 1.29 is 8.94 Å². The van der Waals surface area contributed by atoms with E-state index in [1.165, 1.54) is 11.8 Å². The van der Waals surface area contributed by atoms with Gasteiger partial charge in [-0.05, 0) is 36.4 Å². The number of rotatable bonds is 7. The Bertz CT molecular complexity index is 1200. The van der Waals surface area contributed by atoms with Crippen LogP contribution in [0.2, 0.25) is 5.02 Å². The van der Waals surface area contributed by atoms with Gasteiger partial charge in [0.25, 0.3) is 5.89 Å². The van der Waals surface area contributed by atoms with E-state index < -0.39 is 5.76 Å². The molecule has 29 heavy (non-hydrogen) atoms. The molecule has 3 heterocycles. The second-order valence-corrected chi connectivity index (χ2v) is 7.25. The van der Waals surface area contributed by atoms with Crippen molar-refractivity contribution in [1.29, 1.82) is 0 Å². The molecule has 0 aliphatic carbocycles. The van der Waals surface area contributed by atoms with Crippen LogP contribution in [-0.4, -0.2) is 30.7 Å². The minimum atomic E-state index is -0.630. The molecular weight excluding hydrogens is 414 g/mol. The highest BCUT2D eigenvalue weighted by atomic mass is 35.5. The number of hydrogen-bond acceptors (Lipinski definition) is 8. The molecule has 0 atom stereocenters. The van der Waals surface area contributed by atoms with E-state index in [4.69, 9.17) is 20.5 Å². The van der Waals surface area contributed by atoms with Gasteiger partial charge in [0.1, 0.15) is 11.6 Å². The Hall–Kier alpha value is -3.17. The third-order valence-corrected chi connectivity index (χ3v) is 5.05. The number of aromatic nitrogens is 5. The first-order valence-corrected chi connectivity index (χ1v) is 9.86. The number of halogens is 1. The van der Waals surface area contributed by atoms with Crippen LogP contribution in [-0.2, 0) is 6.54 Å². The number of nitrogens with zero attached hydrogens (tertiary/aromatic N) is 5. The molecule has 3 aromatic heterocycles. The summed E-state index contributed by atoms with van der Waals surface area (Å²) < 4.78 is 11.7. The van der Waals surface area contributed by atoms with E-state index >= 15 is 0 Å². The van der Waals surface area contributed by atoms with Crippen molar-refractivity contribution in [3.63, 3.8) is 0 Å². The lowest BCUT2D eigenvalue weighted by molar-refractivity contribution is 0.360. The molecule has 0 N–H and O–H groups in total. The average molecular weight is 428 g/mol. The molecule has 0 amide bonds. The van der Waals surface area contributed by atoms with Crippen molar-refractivity contribution in [2.45, 2.75) is 11.6 Å². The Balaban J connectivity index is 1.58. The zero-order valence-corrected chi connectivity index (χ0v) is 16.6. The van der Waals surface area contributed by atoms with Gasteiger partial charge >= 0.3 is 5.76 Å². The molecule has 1 aromatic carbocycles. The molecule has 0 saturated carbocycles. The molecule has 0 aliphatic rings. The lowest BCUT2D eigenvalue weighted by atomic mass is 10.2. The molecule has 0 fully saturated rings. The van der Waals surface area contributed by atoms with Crippen LogP contribution >= 0.6 is 23.4 Å². The first-order chi connectivity index (χ1) is 14.1. The quantitative estimate of drug-likeness (QED) is 0.323. The van der Waals surface area contributed by atoms with E-state index in [-0.39, 0.29) is 18.3 Å². The van der Waals surface area contributed by atoms with Crippen LogP contribution in [0.5, 0.6) is 0 Å². The van der Waals surface area contributed by atoms with Gasteiger partial charge in [-0.25, -0.2) is 9.78 Å². The third kappa shape index (κ3) is 4.30. The van der Waals surface area contributed by atoms with Crippen molar-refractivity contribution in [3.8, 4) is 22.8 Å². The third-order valence-electron chi connectivity index (χ3n) is 3.80. The van der Waals surface area contributed by atoms with Crippen molar-refractivity contribution >= 4 is 23.4 Å². The Kier molecular flexibility index (Phi) is 5.59. The molecule has 0 radical (unpaired) electrons. The lowest BCUT2D eigenvalue weighted by Crippen LogP contribution is -2.16. The maximum atomic E-state index is 12.2. The summed E-state index contributed by atoms with van der Waals surface area (Å²) in [5.41, 5.74) is 1.37. The predicted octanol–water partition coefficient (Wildman–Crippen LogP) is 3.93. The summed E-state index contributed by atoms with van der Waals surface area (Å²) in [6, 6.07) is 10.6. The molecule has 4 rings (SSSR count). The van der Waals surface area contributed by atoms with E-state index in [0.29, 0.717) is 27.2 Å². The molecule has 0 saturated heterocycles. The molecular formula is C19H14ClN5O3S. The molecule has 8 nitrogen and oxygen atoms in total. The molecule has 146 valence electrons. The Labute approximate surface area is 174 Å². The Morgan fingerprint density at radius 1 is 1.24 bits per heavy atom. The first-order valence-electron chi connectivity index (χ1n) is 8.49. The monoisotopic (exact) mass is 427 g/mol. The fraction of sp³-hybridized carbons (Fsp3) is 0.105. The minimum absolute atomic E-state index is 0.0156. The van der Waals surface area contributed by atoms with Crippen LogP contribution in [0, 0.1) is 0 Å². The zero-order valence-electron chi connectivity index (χ0n) is 15.0. The Morgan fingerprint density at radius 3 is 2.86 bits per heavy atom. The van der Waals surface area contributed by atoms with Gasteiger partial charge in [0, 0.05) is 22.5 Å². The van der Waals surface area contributed by atoms with E-state index in [9.17, 15) is 4.79 Å². The number of benzene rings is 1. The fourth-order valence-electron chi connectivity index (χ4n) is 2.48. The lowest BCUT2D eigenvalue weighted by Gasteiger charge is -2.02. The SMILES string of the molecule is C=CCSc1ncccc1-c1nn(Cc2nc(-c3ccc(Cl)cc3)no2)c(=O)o1. The largest absolute Gasteiger partial charge is 0.437 e. The van der Waals surface area contributed by atoms with E-state index in [2.05, 4.69) is 26.8 Å². The van der Waals surface area contributed by atoms with E-state index in [1.807, 2.05) is 0 Å². The fourth-order valence-corrected chi connectivity index (χ4v) is 3.33. The van der Waals surface area contributed by atoms with Gasteiger partial charge in [-0.3, -0.25) is 0 Å². The number of hydrogen-bond donors (Lipinski definition) is 0. The van der Waals surface area contributed by atoms with Gasteiger partial charge in [0.05, 0.1) is 5.56 Å². The summed E-state index contributed by atoms with van der Waals surface area (Å²) >= 11 is 7.36. The van der Waals surface area contributed by atoms with Gasteiger partial charge in [0.2, 0.25) is 11.7 Å². The molecule has 0 aliphatic heterocycles. The molecule has 0 unspecified atom stereocenters.